The van der Waals surface area contributed by atoms with Gasteiger partial charge >= 0.3 is 0 Å². The van der Waals surface area contributed by atoms with Crippen molar-refractivity contribution in [1.29, 1.82) is 5.26 Å². The van der Waals surface area contributed by atoms with Crippen molar-refractivity contribution in [2.75, 3.05) is 0 Å². The van der Waals surface area contributed by atoms with Gasteiger partial charge in [0.2, 0.25) is 0 Å². The van der Waals surface area contributed by atoms with Crippen molar-refractivity contribution in [2.24, 2.45) is 0 Å². The van der Waals surface area contributed by atoms with E-state index in [0.717, 1.165) is 19.5 Å². The van der Waals surface area contributed by atoms with Crippen LogP contribution in [0.25, 0.3) is 11.0 Å². The minimum Gasteiger partial charge on any atom is -0.270 e. The number of nitrogens with zero attached hydrogens (tertiary/aromatic N) is 3. The van der Waals surface area contributed by atoms with Gasteiger partial charge in [0.1, 0.15) is 6.07 Å². The summed E-state index contributed by atoms with van der Waals surface area (Å²) in [7, 11) is 0. The Labute approximate surface area is 128 Å². The van der Waals surface area contributed by atoms with Crippen molar-refractivity contribution >= 4 is 45.6 Å². The molecule has 0 bridgehead atoms. The van der Waals surface area contributed by atoms with Gasteiger partial charge in [0, 0.05) is 26.2 Å². The molecule has 1 aromatic carbocycles. The Hall–Kier alpha value is -1.52. The van der Waals surface area contributed by atoms with E-state index < -0.39 is 0 Å². The molecule has 3 rings (SSSR count). The minimum absolute atomic E-state index is 0.591. The SMILES string of the molecule is N#Cc1cnc2c(c1)c(I)cn2Sc1ccccc1. The molecule has 0 atom stereocenters. The fourth-order valence-corrected chi connectivity index (χ4v) is 3.53. The number of fused-ring (bicyclic) bond motifs is 1. The molecule has 2 heterocycles. The van der Waals surface area contributed by atoms with Gasteiger partial charge in [-0.05, 0) is 52.7 Å². The zero-order valence-corrected chi connectivity index (χ0v) is 12.7. The number of hydrogen-bond donors (Lipinski definition) is 0. The van der Waals surface area contributed by atoms with E-state index in [0.29, 0.717) is 5.56 Å². The van der Waals surface area contributed by atoms with Crippen LogP contribution in [0.1, 0.15) is 5.56 Å². The summed E-state index contributed by atoms with van der Waals surface area (Å²) in [6.07, 6.45) is 3.65. The van der Waals surface area contributed by atoms with Gasteiger partial charge in [0.05, 0.1) is 5.56 Å². The summed E-state index contributed by atoms with van der Waals surface area (Å²) < 4.78 is 3.13. The van der Waals surface area contributed by atoms with Gasteiger partial charge in [-0.25, -0.2) is 4.98 Å². The largest absolute Gasteiger partial charge is 0.270 e. The number of aromatic nitrogens is 2. The maximum atomic E-state index is 8.93. The Balaban J connectivity index is 2.08. The molecule has 2 aromatic heterocycles. The van der Waals surface area contributed by atoms with Crippen molar-refractivity contribution < 1.29 is 0 Å². The van der Waals surface area contributed by atoms with Crippen molar-refractivity contribution in [2.45, 2.75) is 4.90 Å². The zero-order valence-electron chi connectivity index (χ0n) is 9.75. The molecule has 19 heavy (non-hydrogen) atoms. The molecule has 0 aliphatic heterocycles. The van der Waals surface area contributed by atoms with Crippen LogP contribution in [-0.2, 0) is 0 Å². The van der Waals surface area contributed by atoms with E-state index in [9.17, 15) is 0 Å². The quantitative estimate of drug-likeness (QED) is 0.633. The van der Waals surface area contributed by atoms with E-state index in [-0.39, 0.29) is 0 Å². The number of pyridine rings is 1. The maximum Gasteiger partial charge on any atom is 0.151 e. The minimum atomic E-state index is 0.591. The third kappa shape index (κ3) is 2.46. The first-order valence-corrected chi connectivity index (χ1v) is 7.43. The number of benzene rings is 1. The Morgan fingerprint density at radius 2 is 2.05 bits per heavy atom. The Morgan fingerprint density at radius 1 is 1.26 bits per heavy atom. The average Bonchev–Trinajstić information content (AvgIpc) is 2.76. The molecule has 0 fully saturated rings. The number of nitriles is 1. The smallest absolute Gasteiger partial charge is 0.151 e. The standard InChI is InChI=1S/C14H8IN3S/c15-13-9-18(19-11-4-2-1-3-5-11)14-12(13)6-10(7-16)8-17-14/h1-6,8-9H. The van der Waals surface area contributed by atoms with Crippen LogP contribution < -0.4 is 0 Å². The summed E-state index contributed by atoms with van der Waals surface area (Å²) in [5.41, 5.74) is 1.48. The fraction of sp³-hybridized carbons (Fsp3) is 0. The normalized spacial score (nSPS) is 10.5. The van der Waals surface area contributed by atoms with Gasteiger partial charge in [-0.2, -0.15) is 5.26 Å². The van der Waals surface area contributed by atoms with E-state index in [1.165, 1.54) is 0 Å². The lowest BCUT2D eigenvalue weighted by Crippen LogP contribution is -1.87. The van der Waals surface area contributed by atoms with Gasteiger partial charge < -0.3 is 0 Å². The Bertz CT molecular complexity index is 774. The van der Waals surface area contributed by atoms with Gasteiger partial charge in [0.15, 0.2) is 5.65 Å². The lowest BCUT2D eigenvalue weighted by molar-refractivity contribution is 1.24. The third-order valence-corrected chi connectivity index (χ3v) is 4.46. The van der Waals surface area contributed by atoms with Crippen LogP contribution in [0, 0.1) is 14.9 Å². The number of rotatable bonds is 2. The summed E-state index contributed by atoms with van der Waals surface area (Å²) in [5.74, 6) is 0. The average molecular weight is 377 g/mol. The number of hydrogen-bond acceptors (Lipinski definition) is 3. The second-order valence-corrected chi connectivity index (χ2v) is 6.12. The van der Waals surface area contributed by atoms with Crippen molar-refractivity contribution in [3.63, 3.8) is 0 Å². The molecule has 0 saturated heterocycles. The van der Waals surface area contributed by atoms with Crippen LogP contribution in [0.5, 0.6) is 0 Å². The lowest BCUT2D eigenvalue weighted by Gasteiger charge is -2.02. The number of halogens is 1. The van der Waals surface area contributed by atoms with Crippen LogP contribution in [0.4, 0.5) is 0 Å². The predicted molar refractivity (Wildman–Crippen MR) is 84.9 cm³/mol. The second-order valence-electron chi connectivity index (χ2n) is 3.91. The Morgan fingerprint density at radius 3 is 2.79 bits per heavy atom. The fourth-order valence-electron chi connectivity index (χ4n) is 1.77. The van der Waals surface area contributed by atoms with E-state index in [1.54, 1.807) is 18.1 Å². The van der Waals surface area contributed by atoms with E-state index in [4.69, 9.17) is 5.26 Å². The topological polar surface area (TPSA) is 41.6 Å². The van der Waals surface area contributed by atoms with Gasteiger partial charge in [0.25, 0.3) is 0 Å². The van der Waals surface area contributed by atoms with Crippen LogP contribution in [-0.4, -0.2) is 8.96 Å². The van der Waals surface area contributed by atoms with E-state index in [1.807, 2.05) is 34.4 Å². The highest BCUT2D eigenvalue weighted by Crippen LogP contribution is 2.29. The van der Waals surface area contributed by atoms with Crippen molar-refractivity contribution in [3.8, 4) is 6.07 Å². The highest BCUT2D eigenvalue weighted by Gasteiger charge is 2.09. The van der Waals surface area contributed by atoms with Crippen LogP contribution in [0.2, 0.25) is 0 Å². The van der Waals surface area contributed by atoms with Crippen LogP contribution in [0.15, 0.2) is 53.7 Å². The summed E-state index contributed by atoms with van der Waals surface area (Å²) in [6, 6.07) is 14.2. The molecular weight excluding hydrogens is 369 g/mol. The summed E-state index contributed by atoms with van der Waals surface area (Å²) in [4.78, 5) is 5.54. The molecule has 0 spiro atoms. The molecule has 0 unspecified atom stereocenters. The van der Waals surface area contributed by atoms with Crippen LogP contribution >= 0.6 is 34.5 Å². The molecular formula is C14H8IN3S. The lowest BCUT2D eigenvalue weighted by atomic mass is 10.2. The van der Waals surface area contributed by atoms with Crippen LogP contribution in [0.3, 0.4) is 0 Å². The molecule has 5 heteroatoms. The molecule has 92 valence electrons. The first-order chi connectivity index (χ1) is 9.28. The highest BCUT2D eigenvalue weighted by molar-refractivity contribution is 14.1. The van der Waals surface area contributed by atoms with Crippen molar-refractivity contribution in [1.82, 2.24) is 8.96 Å². The summed E-state index contributed by atoms with van der Waals surface area (Å²) in [6.45, 7) is 0. The molecule has 0 aliphatic rings. The third-order valence-electron chi connectivity index (χ3n) is 2.64. The first kappa shape index (κ1) is 12.5. The Kier molecular flexibility index (Phi) is 3.44. The van der Waals surface area contributed by atoms with Gasteiger partial charge in [-0.3, -0.25) is 3.97 Å². The monoisotopic (exact) mass is 377 g/mol. The van der Waals surface area contributed by atoms with Gasteiger partial charge in [-0.15, -0.1) is 0 Å². The molecule has 0 aliphatic carbocycles. The maximum absolute atomic E-state index is 8.93. The molecule has 0 amide bonds. The second kappa shape index (κ2) is 5.23. The molecule has 0 N–H and O–H groups in total. The zero-order chi connectivity index (χ0) is 13.2. The predicted octanol–water partition coefficient (Wildman–Crippen LogP) is 4.07. The van der Waals surface area contributed by atoms with Gasteiger partial charge in [-0.1, -0.05) is 18.2 Å². The molecule has 0 saturated carbocycles. The summed E-state index contributed by atoms with van der Waals surface area (Å²) >= 11 is 3.89. The van der Waals surface area contributed by atoms with E-state index >= 15 is 0 Å². The molecule has 0 radical (unpaired) electrons. The highest BCUT2D eigenvalue weighted by atomic mass is 127. The van der Waals surface area contributed by atoms with E-state index in [2.05, 4.69) is 45.8 Å². The summed E-state index contributed by atoms with van der Waals surface area (Å²) in [5, 5.41) is 9.94. The molecule has 3 nitrogen and oxygen atoms in total. The first-order valence-electron chi connectivity index (χ1n) is 5.58. The van der Waals surface area contributed by atoms with Crippen molar-refractivity contribution in [3.05, 3.63) is 57.9 Å². The molecule has 3 aromatic rings.